The molecule has 1 N–H and O–H groups in total. The summed E-state index contributed by atoms with van der Waals surface area (Å²) in [6, 6.07) is 10.00. The number of anilines is 2. The van der Waals surface area contributed by atoms with E-state index in [9.17, 15) is 17.6 Å². The summed E-state index contributed by atoms with van der Waals surface area (Å²) in [5, 5.41) is 3.40. The van der Waals surface area contributed by atoms with Crippen LogP contribution in [0.15, 0.2) is 47.4 Å². The van der Waals surface area contributed by atoms with Gasteiger partial charge >= 0.3 is 0 Å². The molecule has 0 radical (unpaired) electrons. The number of morpholine rings is 1. The van der Waals surface area contributed by atoms with Crippen LogP contribution in [0.2, 0.25) is 5.02 Å². The van der Waals surface area contributed by atoms with Crippen LogP contribution < -0.4 is 10.2 Å². The number of amides is 1. The van der Waals surface area contributed by atoms with Crippen molar-refractivity contribution in [3.8, 4) is 0 Å². The van der Waals surface area contributed by atoms with Crippen molar-refractivity contribution >= 4 is 38.9 Å². The molecule has 0 atom stereocenters. The summed E-state index contributed by atoms with van der Waals surface area (Å²) in [6.45, 7) is 2.82. The summed E-state index contributed by atoms with van der Waals surface area (Å²) in [7, 11) is -2.31. The molecule has 168 valence electrons. The average Bonchev–Trinajstić information content (AvgIpc) is 2.74. The quantitative estimate of drug-likeness (QED) is 0.641. The second-order valence-corrected chi connectivity index (χ2v) is 9.67. The number of ether oxygens (including phenoxy) is 1. The highest BCUT2D eigenvalue weighted by Gasteiger charge is 2.21. The molecule has 1 amide bonds. The Morgan fingerprint density at radius 1 is 1.19 bits per heavy atom. The van der Waals surface area contributed by atoms with Crippen LogP contribution in [-0.4, -0.2) is 58.5 Å². The van der Waals surface area contributed by atoms with Crippen molar-refractivity contribution < 1.29 is 22.3 Å². The zero-order chi connectivity index (χ0) is 22.4. The summed E-state index contributed by atoms with van der Waals surface area (Å²) in [4.78, 5) is 14.6. The van der Waals surface area contributed by atoms with Crippen LogP contribution in [0.25, 0.3) is 0 Å². The lowest BCUT2D eigenvalue weighted by Crippen LogP contribution is -2.36. The monoisotopic (exact) mass is 469 g/mol. The van der Waals surface area contributed by atoms with E-state index in [0.717, 1.165) is 35.2 Å². The lowest BCUT2D eigenvalue weighted by atomic mass is 10.2. The molecule has 1 fully saturated rings. The van der Waals surface area contributed by atoms with Crippen LogP contribution in [0.5, 0.6) is 0 Å². The van der Waals surface area contributed by atoms with E-state index in [1.165, 1.54) is 19.2 Å². The fourth-order valence-electron chi connectivity index (χ4n) is 3.27. The molecule has 1 aliphatic heterocycles. The first-order valence-corrected chi connectivity index (χ1v) is 11.7. The highest BCUT2D eigenvalue weighted by molar-refractivity contribution is 7.89. The predicted octanol–water partition coefficient (Wildman–Crippen LogP) is 3.36. The smallest absolute Gasteiger partial charge is 0.242 e. The maximum Gasteiger partial charge on any atom is 0.242 e. The molecule has 2 aromatic carbocycles. The van der Waals surface area contributed by atoms with E-state index in [-0.39, 0.29) is 23.8 Å². The molecule has 0 spiro atoms. The van der Waals surface area contributed by atoms with Crippen LogP contribution in [0.4, 0.5) is 15.8 Å². The van der Waals surface area contributed by atoms with E-state index in [1.807, 2.05) is 6.07 Å². The van der Waals surface area contributed by atoms with Gasteiger partial charge in [0, 0.05) is 38.1 Å². The van der Waals surface area contributed by atoms with Gasteiger partial charge in [0.1, 0.15) is 5.82 Å². The van der Waals surface area contributed by atoms with Gasteiger partial charge in [0.05, 0.1) is 29.5 Å². The van der Waals surface area contributed by atoms with Crippen LogP contribution in [0, 0.1) is 5.82 Å². The number of benzene rings is 2. The molecule has 1 heterocycles. The first-order valence-electron chi connectivity index (χ1n) is 9.91. The van der Waals surface area contributed by atoms with Gasteiger partial charge in [0.2, 0.25) is 15.9 Å². The predicted molar refractivity (Wildman–Crippen MR) is 119 cm³/mol. The van der Waals surface area contributed by atoms with Gasteiger partial charge in [0.15, 0.2) is 0 Å². The maximum absolute atomic E-state index is 13.0. The van der Waals surface area contributed by atoms with E-state index in [2.05, 4.69) is 10.2 Å². The summed E-state index contributed by atoms with van der Waals surface area (Å²) in [5.74, 6) is -0.736. The molecule has 0 aromatic heterocycles. The molecule has 1 aliphatic rings. The van der Waals surface area contributed by atoms with E-state index in [1.54, 1.807) is 12.1 Å². The second-order valence-electron chi connectivity index (χ2n) is 7.19. The Morgan fingerprint density at radius 3 is 2.55 bits per heavy atom. The largest absolute Gasteiger partial charge is 0.378 e. The van der Waals surface area contributed by atoms with Crippen molar-refractivity contribution in [1.82, 2.24) is 4.31 Å². The van der Waals surface area contributed by atoms with Gasteiger partial charge < -0.3 is 15.0 Å². The normalized spacial score (nSPS) is 14.6. The highest BCUT2D eigenvalue weighted by Crippen LogP contribution is 2.30. The number of rotatable bonds is 8. The Balaban J connectivity index is 1.57. The second kappa shape index (κ2) is 10.4. The number of nitrogens with one attached hydrogen (secondary N) is 1. The minimum Gasteiger partial charge on any atom is -0.378 e. The van der Waals surface area contributed by atoms with Crippen molar-refractivity contribution in [2.75, 3.05) is 50.1 Å². The van der Waals surface area contributed by atoms with Gasteiger partial charge in [-0.15, -0.1) is 0 Å². The maximum atomic E-state index is 13.0. The van der Waals surface area contributed by atoms with Crippen molar-refractivity contribution in [3.63, 3.8) is 0 Å². The van der Waals surface area contributed by atoms with E-state index >= 15 is 0 Å². The van der Waals surface area contributed by atoms with E-state index in [4.69, 9.17) is 16.3 Å². The minimum absolute atomic E-state index is 0.00920. The SMILES string of the molecule is CN(CCCC(=O)Nc1cc(Cl)ccc1N1CCOCC1)S(=O)(=O)c1ccc(F)cc1. The first-order chi connectivity index (χ1) is 14.8. The zero-order valence-corrected chi connectivity index (χ0v) is 18.8. The Kier molecular flexibility index (Phi) is 7.88. The Labute approximate surface area is 186 Å². The van der Waals surface area contributed by atoms with Gasteiger partial charge in [-0.25, -0.2) is 17.1 Å². The molecular weight excluding hydrogens is 445 g/mol. The van der Waals surface area contributed by atoms with Crippen LogP contribution in [0.3, 0.4) is 0 Å². The van der Waals surface area contributed by atoms with Gasteiger partial charge in [-0.3, -0.25) is 4.79 Å². The molecule has 7 nitrogen and oxygen atoms in total. The van der Waals surface area contributed by atoms with E-state index < -0.39 is 15.8 Å². The topological polar surface area (TPSA) is 79.0 Å². The van der Waals surface area contributed by atoms with Gasteiger partial charge in [-0.05, 0) is 48.9 Å². The Morgan fingerprint density at radius 2 is 1.87 bits per heavy atom. The number of carbonyl (C=O) groups is 1. The third-order valence-corrected chi connectivity index (χ3v) is 7.09. The number of hydrogen-bond acceptors (Lipinski definition) is 5. The molecule has 3 rings (SSSR count). The zero-order valence-electron chi connectivity index (χ0n) is 17.2. The standard InChI is InChI=1S/C21H25ClFN3O4S/c1-25(31(28,29)18-7-5-17(23)6-8-18)10-2-3-21(27)24-19-15-16(22)4-9-20(19)26-11-13-30-14-12-26/h4-9,15H,2-3,10-14H2,1H3,(H,24,27). The van der Waals surface area contributed by atoms with Gasteiger partial charge in [-0.1, -0.05) is 11.6 Å². The fraction of sp³-hybridized carbons (Fsp3) is 0.381. The summed E-state index contributed by atoms with van der Waals surface area (Å²) in [6.07, 6.45) is 0.467. The van der Waals surface area contributed by atoms with Crippen molar-refractivity contribution in [2.24, 2.45) is 0 Å². The Bertz CT molecular complexity index is 1010. The number of halogens is 2. The lowest BCUT2D eigenvalue weighted by molar-refractivity contribution is -0.116. The molecule has 10 heteroatoms. The minimum atomic E-state index is -3.74. The van der Waals surface area contributed by atoms with Crippen LogP contribution >= 0.6 is 11.6 Å². The number of sulfonamides is 1. The molecule has 0 aliphatic carbocycles. The third-order valence-electron chi connectivity index (χ3n) is 4.98. The average molecular weight is 470 g/mol. The molecular formula is C21H25ClFN3O4S. The highest BCUT2D eigenvalue weighted by atomic mass is 35.5. The fourth-order valence-corrected chi connectivity index (χ4v) is 4.65. The summed E-state index contributed by atoms with van der Waals surface area (Å²) in [5.41, 5.74) is 1.49. The molecule has 0 unspecified atom stereocenters. The van der Waals surface area contributed by atoms with Crippen molar-refractivity contribution in [2.45, 2.75) is 17.7 Å². The number of nitrogens with zero attached hydrogens (tertiary/aromatic N) is 2. The van der Waals surface area contributed by atoms with Gasteiger partial charge in [-0.2, -0.15) is 0 Å². The molecule has 0 bridgehead atoms. The molecule has 1 saturated heterocycles. The van der Waals surface area contributed by atoms with E-state index in [0.29, 0.717) is 30.3 Å². The molecule has 31 heavy (non-hydrogen) atoms. The van der Waals surface area contributed by atoms with Crippen molar-refractivity contribution in [3.05, 3.63) is 53.3 Å². The van der Waals surface area contributed by atoms with Crippen LogP contribution in [-0.2, 0) is 19.6 Å². The number of hydrogen-bond donors (Lipinski definition) is 1. The summed E-state index contributed by atoms with van der Waals surface area (Å²) >= 11 is 6.11. The third kappa shape index (κ3) is 6.16. The lowest BCUT2D eigenvalue weighted by Gasteiger charge is -2.30. The number of carbonyl (C=O) groups excluding carboxylic acids is 1. The van der Waals surface area contributed by atoms with Crippen LogP contribution in [0.1, 0.15) is 12.8 Å². The molecule has 2 aromatic rings. The van der Waals surface area contributed by atoms with Gasteiger partial charge in [0.25, 0.3) is 0 Å². The first kappa shape index (κ1) is 23.5. The molecule has 0 saturated carbocycles. The summed E-state index contributed by atoms with van der Waals surface area (Å²) < 4.78 is 44.7. The Hall–Kier alpha value is -2.20. The van der Waals surface area contributed by atoms with Crippen molar-refractivity contribution in [1.29, 1.82) is 0 Å².